The predicted molar refractivity (Wildman–Crippen MR) is 89.1 cm³/mol. The largest absolute Gasteiger partial charge is 0.505 e. The van der Waals surface area contributed by atoms with E-state index in [1.54, 1.807) is 18.2 Å². The lowest BCUT2D eigenvalue weighted by atomic mass is 10.1. The van der Waals surface area contributed by atoms with Crippen molar-refractivity contribution in [3.05, 3.63) is 59.2 Å². The summed E-state index contributed by atoms with van der Waals surface area (Å²) in [5.74, 6) is -1.89. The van der Waals surface area contributed by atoms with E-state index < -0.39 is 11.7 Å². The van der Waals surface area contributed by atoms with Crippen LogP contribution < -0.4 is 0 Å². The molecule has 1 fully saturated rings. The first-order chi connectivity index (χ1) is 11.9. The summed E-state index contributed by atoms with van der Waals surface area (Å²) in [6.07, 6.45) is 1.50. The third kappa shape index (κ3) is 3.17. The molecule has 2 heterocycles. The van der Waals surface area contributed by atoms with Crippen LogP contribution in [-0.4, -0.2) is 44.1 Å². The number of aromatic nitrogens is 2. The Morgan fingerprint density at radius 1 is 1.24 bits per heavy atom. The second kappa shape index (κ2) is 6.51. The van der Waals surface area contributed by atoms with Gasteiger partial charge in [-0.15, -0.1) is 0 Å². The quantitative estimate of drug-likeness (QED) is 0.524. The van der Waals surface area contributed by atoms with Gasteiger partial charge in [0.15, 0.2) is 0 Å². The zero-order chi connectivity index (χ0) is 18.1. The summed E-state index contributed by atoms with van der Waals surface area (Å²) >= 11 is 0. The van der Waals surface area contributed by atoms with Crippen LogP contribution in [0, 0.1) is 5.82 Å². The van der Waals surface area contributed by atoms with Crippen molar-refractivity contribution in [2.75, 3.05) is 6.54 Å². The Balaban J connectivity index is 1.92. The number of nitrogens with zero attached hydrogens (tertiary/aromatic N) is 3. The molecule has 25 heavy (non-hydrogen) atoms. The van der Waals surface area contributed by atoms with Crippen LogP contribution in [0.4, 0.5) is 4.39 Å². The maximum Gasteiger partial charge on any atom is 0.295 e. The van der Waals surface area contributed by atoms with Crippen LogP contribution in [0.1, 0.15) is 25.1 Å². The first-order valence-corrected chi connectivity index (χ1v) is 7.92. The molecule has 3 rings (SSSR count). The number of rotatable bonds is 4. The van der Waals surface area contributed by atoms with E-state index in [9.17, 15) is 19.1 Å². The van der Waals surface area contributed by atoms with Gasteiger partial charge in [0.2, 0.25) is 0 Å². The molecule has 1 N–H and O–H groups in total. The van der Waals surface area contributed by atoms with Crippen LogP contribution in [0.5, 0.6) is 0 Å². The fourth-order valence-electron chi connectivity index (χ4n) is 2.75. The lowest BCUT2D eigenvalue weighted by molar-refractivity contribution is -0.140. The summed E-state index contributed by atoms with van der Waals surface area (Å²) in [6.45, 7) is 3.99. The molecule has 0 saturated carbocycles. The van der Waals surface area contributed by atoms with E-state index in [-0.39, 0.29) is 29.7 Å². The van der Waals surface area contributed by atoms with Crippen molar-refractivity contribution < 1.29 is 19.1 Å². The lowest BCUT2D eigenvalue weighted by Crippen LogP contribution is -2.33. The van der Waals surface area contributed by atoms with Gasteiger partial charge < -0.3 is 10.0 Å². The average Bonchev–Trinajstić information content (AvgIpc) is 3.15. The Bertz CT molecular complexity index is 853. The Morgan fingerprint density at radius 2 is 1.92 bits per heavy atom. The highest BCUT2D eigenvalue weighted by molar-refractivity contribution is 6.46. The smallest absolute Gasteiger partial charge is 0.295 e. The number of Topliss-reactive ketones (excluding diaryl/α,β-unsaturated/α-hetero) is 1. The monoisotopic (exact) mass is 343 g/mol. The third-order valence-electron chi connectivity index (χ3n) is 4.17. The van der Waals surface area contributed by atoms with Gasteiger partial charge in [-0.1, -0.05) is 12.1 Å². The first kappa shape index (κ1) is 16.9. The molecule has 0 spiro atoms. The Labute approximate surface area is 144 Å². The zero-order valence-corrected chi connectivity index (χ0v) is 13.9. The second-order valence-electron chi connectivity index (χ2n) is 6.18. The second-order valence-corrected chi connectivity index (χ2v) is 6.18. The SMILES string of the molecule is CC(C)N1C/C(=C(/O)c2ccnn2Cc2ccc(F)cc2)C(=O)C1=O. The van der Waals surface area contributed by atoms with Crippen LogP contribution >= 0.6 is 0 Å². The number of amides is 1. The molecule has 1 aliphatic heterocycles. The van der Waals surface area contributed by atoms with Crippen LogP contribution in [-0.2, 0) is 16.1 Å². The fourth-order valence-corrected chi connectivity index (χ4v) is 2.75. The number of aliphatic hydroxyl groups excluding tert-OH is 1. The number of carbonyl (C=O) groups is 2. The number of ketones is 1. The number of hydrogen-bond acceptors (Lipinski definition) is 4. The molecule has 2 aromatic rings. The molecule has 0 atom stereocenters. The Hall–Kier alpha value is -2.96. The molecular formula is C18H18FN3O3. The van der Waals surface area contributed by atoms with Crippen LogP contribution in [0.25, 0.3) is 5.76 Å². The molecular weight excluding hydrogens is 325 g/mol. The summed E-state index contributed by atoms with van der Waals surface area (Å²) in [4.78, 5) is 25.6. The van der Waals surface area contributed by atoms with E-state index in [1.165, 1.54) is 27.9 Å². The highest BCUT2D eigenvalue weighted by atomic mass is 19.1. The molecule has 6 nitrogen and oxygen atoms in total. The van der Waals surface area contributed by atoms with Crippen LogP contribution in [0.2, 0.25) is 0 Å². The Morgan fingerprint density at radius 3 is 2.52 bits per heavy atom. The van der Waals surface area contributed by atoms with Crippen molar-refractivity contribution in [2.45, 2.75) is 26.4 Å². The average molecular weight is 343 g/mol. The summed E-state index contributed by atoms with van der Waals surface area (Å²) in [5.41, 5.74) is 1.20. The minimum atomic E-state index is -0.694. The maximum atomic E-state index is 13.0. The van der Waals surface area contributed by atoms with Crippen LogP contribution in [0.15, 0.2) is 42.1 Å². The van der Waals surface area contributed by atoms with E-state index in [0.717, 1.165) is 5.56 Å². The van der Waals surface area contributed by atoms with Gasteiger partial charge >= 0.3 is 0 Å². The van der Waals surface area contributed by atoms with Crippen LogP contribution in [0.3, 0.4) is 0 Å². The number of likely N-dealkylation sites (tertiary alicyclic amines) is 1. The molecule has 1 aromatic carbocycles. The molecule has 1 aromatic heterocycles. The normalized spacial score (nSPS) is 16.9. The maximum absolute atomic E-state index is 13.0. The van der Waals surface area contributed by atoms with Crippen molar-refractivity contribution >= 4 is 17.4 Å². The number of halogens is 1. The van der Waals surface area contributed by atoms with Gasteiger partial charge in [0.05, 0.1) is 18.7 Å². The zero-order valence-electron chi connectivity index (χ0n) is 13.9. The molecule has 0 unspecified atom stereocenters. The molecule has 0 radical (unpaired) electrons. The number of hydrogen-bond donors (Lipinski definition) is 1. The topological polar surface area (TPSA) is 75.4 Å². The summed E-state index contributed by atoms with van der Waals surface area (Å²) in [7, 11) is 0. The van der Waals surface area contributed by atoms with Gasteiger partial charge in [-0.05, 0) is 37.6 Å². The standard InChI is InChI=1S/C18H18FN3O3/c1-11(2)21-10-14(17(24)18(21)25)16(23)15-7-8-20-22(15)9-12-3-5-13(19)6-4-12/h3-8,11,23H,9-10H2,1-2H3/b16-14-. The van der Waals surface area contributed by atoms with Crippen molar-refractivity contribution in [1.82, 2.24) is 14.7 Å². The van der Waals surface area contributed by atoms with E-state index in [0.29, 0.717) is 12.2 Å². The summed E-state index contributed by atoms with van der Waals surface area (Å²) < 4.78 is 14.5. The molecule has 0 aliphatic carbocycles. The predicted octanol–water partition coefficient (Wildman–Crippen LogP) is 2.16. The third-order valence-corrected chi connectivity index (χ3v) is 4.17. The summed E-state index contributed by atoms with van der Waals surface area (Å²) in [5, 5.41) is 14.7. The number of carbonyl (C=O) groups excluding carboxylic acids is 2. The van der Waals surface area contributed by atoms with Gasteiger partial charge in [-0.3, -0.25) is 14.3 Å². The summed E-state index contributed by atoms with van der Waals surface area (Å²) in [6, 6.07) is 7.37. The van der Waals surface area contributed by atoms with Crippen molar-refractivity contribution in [2.24, 2.45) is 0 Å². The van der Waals surface area contributed by atoms with E-state index >= 15 is 0 Å². The first-order valence-electron chi connectivity index (χ1n) is 7.92. The molecule has 0 bridgehead atoms. The van der Waals surface area contributed by atoms with Gasteiger partial charge in [0.25, 0.3) is 11.7 Å². The fraction of sp³-hybridized carbons (Fsp3) is 0.278. The van der Waals surface area contributed by atoms with E-state index in [1.807, 2.05) is 13.8 Å². The van der Waals surface area contributed by atoms with Gasteiger partial charge in [0, 0.05) is 12.2 Å². The number of aliphatic hydroxyl groups is 1. The molecule has 130 valence electrons. The minimum absolute atomic E-state index is 0.0690. The molecule has 7 heteroatoms. The Kier molecular flexibility index (Phi) is 4.39. The van der Waals surface area contributed by atoms with Gasteiger partial charge in [-0.2, -0.15) is 5.10 Å². The van der Waals surface area contributed by atoms with Gasteiger partial charge in [0.1, 0.15) is 17.3 Å². The molecule has 1 amide bonds. The van der Waals surface area contributed by atoms with Gasteiger partial charge in [-0.25, -0.2) is 4.39 Å². The van der Waals surface area contributed by atoms with E-state index in [4.69, 9.17) is 0 Å². The van der Waals surface area contributed by atoms with E-state index in [2.05, 4.69) is 5.10 Å². The van der Waals surface area contributed by atoms with Crippen molar-refractivity contribution in [3.63, 3.8) is 0 Å². The number of benzene rings is 1. The highest BCUT2D eigenvalue weighted by Gasteiger charge is 2.38. The molecule has 1 saturated heterocycles. The minimum Gasteiger partial charge on any atom is -0.505 e. The molecule has 1 aliphatic rings. The van der Waals surface area contributed by atoms with Crippen molar-refractivity contribution in [3.8, 4) is 0 Å². The lowest BCUT2D eigenvalue weighted by Gasteiger charge is -2.18. The highest BCUT2D eigenvalue weighted by Crippen LogP contribution is 2.24. The van der Waals surface area contributed by atoms with Crippen molar-refractivity contribution in [1.29, 1.82) is 0 Å².